The Hall–Kier alpha value is -2.25. The average Bonchev–Trinajstić information content (AvgIpc) is 3.20. The lowest BCUT2D eigenvalue weighted by Crippen LogP contribution is -2.40. The third-order valence-electron chi connectivity index (χ3n) is 6.08. The van der Waals surface area contributed by atoms with Crippen LogP contribution >= 0.6 is 0 Å². The van der Waals surface area contributed by atoms with E-state index in [4.69, 9.17) is 14.5 Å². The van der Waals surface area contributed by atoms with Gasteiger partial charge in [0.15, 0.2) is 0 Å². The molecule has 2 aliphatic rings. The van der Waals surface area contributed by atoms with Crippen molar-refractivity contribution in [3.63, 3.8) is 0 Å². The molecule has 30 heavy (non-hydrogen) atoms. The van der Waals surface area contributed by atoms with Crippen LogP contribution in [0.15, 0.2) is 24.5 Å². The smallest absolute Gasteiger partial charge is 0.248 e. The van der Waals surface area contributed by atoms with E-state index in [0.29, 0.717) is 12.5 Å². The maximum atomic E-state index is 12.5. The summed E-state index contributed by atoms with van der Waals surface area (Å²) < 4.78 is 13.1. The number of hydrogen-bond donors (Lipinski definition) is 0. The molecule has 1 unspecified atom stereocenters. The summed E-state index contributed by atoms with van der Waals surface area (Å²) in [6.45, 7) is 5.03. The lowest BCUT2D eigenvalue weighted by molar-refractivity contribution is -0.139. The molecule has 0 N–H and O–H groups in total. The maximum absolute atomic E-state index is 12.5. The van der Waals surface area contributed by atoms with Gasteiger partial charge in [0, 0.05) is 55.8 Å². The van der Waals surface area contributed by atoms with Gasteiger partial charge in [-0.1, -0.05) is 0 Å². The van der Waals surface area contributed by atoms with Gasteiger partial charge in [-0.05, 0) is 56.7 Å². The number of piperidine rings is 1. The number of pyridine rings is 1. The van der Waals surface area contributed by atoms with E-state index in [1.54, 1.807) is 0 Å². The molecule has 4 heterocycles. The molecule has 0 aliphatic carbocycles. The summed E-state index contributed by atoms with van der Waals surface area (Å²) in [7, 11) is 1.93. The highest BCUT2D eigenvalue weighted by Gasteiger charge is 2.25. The molecule has 1 atom stereocenters. The minimum Gasteiger partial charge on any atom is -0.376 e. The van der Waals surface area contributed by atoms with Crippen LogP contribution in [0.2, 0.25) is 0 Å². The first-order valence-corrected chi connectivity index (χ1v) is 11.0. The Kier molecular flexibility index (Phi) is 6.79. The van der Waals surface area contributed by atoms with Gasteiger partial charge in [0.2, 0.25) is 5.91 Å². The first-order chi connectivity index (χ1) is 14.6. The van der Waals surface area contributed by atoms with Crippen LogP contribution in [0, 0.1) is 6.92 Å². The van der Waals surface area contributed by atoms with Crippen LogP contribution in [0.4, 0.5) is 0 Å². The van der Waals surface area contributed by atoms with Gasteiger partial charge >= 0.3 is 0 Å². The highest BCUT2D eigenvalue weighted by molar-refractivity contribution is 5.77. The number of aryl methyl sites for hydroxylation is 2. The Morgan fingerprint density at radius 1 is 1.20 bits per heavy atom. The zero-order valence-corrected chi connectivity index (χ0v) is 18.0. The normalized spacial score (nSPS) is 20.5. The van der Waals surface area contributed by atoms with Gasteiger partial charge in [0.05, 0.1) is 18.9 Å². The zero-order valence-electron chi connectivity index (χ0n) is 18.0. The van der Waals surface area contributed by atoms with E-state index in [1.165, 1.54) is 6.42 Å². The van der Waals surface area contributed by atoms with Crippen LogP contribution in [-0.2, 0) is 21.3 Å². The molecule has 0 aromatic carbocycles. The summed E-state index contributed by atoms with van der Waals surface area (Å²) in [6.07, 6.45) is 9.27. The van der Waals surface area contributed by atoms with E-state index < -0.39 is 0 Å². The number of likely N-dealkylation sites (tertiary alicyclic amines) is 1. The molecule has 2 saturated heterocycles. The van der Waals surface area contributed by atoms with Crippen molar-refractivity contribution in [2.24, 2.45) is 7.05 Å². The highest BCUT2D eigenvalue weighted by atomic mass is 16.5. The third kappa shape index (κ3) is 5.26. The number of ether oxygens (including phenoxy) is 2. The van der Waals surface area contributed by atoms with Crippen molar-refractivity contribution < 1.29 is 14.3 Å². The number of nitrogens with zero attached hydrogens (tertiary/aromatic N) is 4. The minimum absolute atomic E-state index is 0.0810. The molecule has 162 valence electrons. The summed E-state index contributed by atoms with van der Waals surface area (Å²) in [5.74, 6) is 0.457. The molecular formula is C23H32N4O3. The van der Waals surface area contributed by atoms with Gasteiger partial charge in [0.1, 0.15) is 6.61 Å². The molecule has 0 bridgehead atoms. The summed E-state index contributed by atoms with van der Waals surface area (Å²) in [6, 6.07) is 4.28. The van der Waals surface area contributed by atoms with E-state index in [2.05, 4.69) is 17.2 Å². The van der Waals surface area contributed by atoms with Crippen molar-refractivity contribution in [3.05, 3.63) is 35.9 Å². The molecule has 2 aromatic heterocycles. The van der Waals surface area contributed by atoms with E-state index in [-0.39, 0.29) is 18.6 Å². The van der Waals surface area contributed by atoms with Crippen molar-refractivity contribution in [1.29, 1.82) is 0 Å². The highest BCUT2D eigenvalue weighted by Crippen LogP contribution is 2.30. The van der Waals surface area contributed by atoms with Crippen molar-refractivity contribution in [1.82, 2.24) is 19.7 Å². The molecule has 7 heteroatoms. The van der Waals surface area contributed by atoms with E-state index in [1.807, 2.05) is 35.9 Å². The molecule has 0 spiro atoms. The zero-order chi connectivity index (χ0) is 20.9. The molecule has 2 aromatic rings. The van der Waals surface area contributed by atoms with Crippen molar-refractivity contribution in [2.45, 2.75) is 51.0 Å². The van der Waals surface area contributed by atoms with E-state index in [0.717, 1.165) is 67.9 Å². The van der Waals surface area contributed by atoms with Gasteiger partial charge in [-0.15, -0.1) is 0 Å². The van der Waals surface area contributed by atoms with Crippen LogP contribution in [0.3, 0.4) is 0 Å². The number of amides is 1. The van der Waals surface area contributed by atoms with Crippen molar-refractivity contribution in [2.75, 3.05) is 32.9 Å². The monoisotopic (exact) mass is 412 g/mol. The molecule has 2 aliphatic heterocycles. The topological polar surface area (TPSA) is 69.5 Å². The fourth-order valence-corrected chi connectivity index (χ4v) is 4.37. The fourth-order valence-electron chi connectivity index (χ4n) is 4.37. The quantitative estimate of drug-likeness (QED) is 0.729. The predicted octanol–water partition coefficient (Wildman–Crippen LogP) is 3.08. The molecule has 0 saturated carbocycles. The van der Waals surface area contributed by atoms with Gasteiger partial charge in [-0.25, -0.2) is 0 Å². The van der Waals surface area contributed by atoms with Crippen LogP contribution in [0.1, 0.15) is 49.4 Å². The number of rotatable bonds is 6. The van der Waals surface area contributed by atoms with E-state index >= 15 is 0 Å². The minimum atomic E-state index is 0.0810. The number of hydrogen-bond acceptors (Lipinski definition) is 5. The lowest BCUT2D eigenvalue weighted by atomic mass is 9.91. The SMILES string of the molecule is Cc1cc(-c2cnn(C)c2)cc(C2CCN(C(=O)COCC3CCCCO3)CC2)n1. The van der Waals surface area contributed by atoms with Crippen molar-refractivity contribution >= 4 is 5.91 Å². The Bertz CT molecular complexity index is 852. The van der Waals surface area contributed by atoms with Crippen molar-refractivity contribution in [3.8, 4) is 11.1 Å². The number of aromatic nitrogens is 3. The standard InChI is InChI=1S/C23H32N4O3/c1-17-11-19(20-13-24-26(2)14-20)12-22(25-17)18-6-8-27(9-7-18)23(28)16-29-15-21-5-3-4-10-30-21/h11-14,18,21H,3-10,15-16H2,1-2H3. The second kappa shape index (κ2) is 9.71. The average molecular weight is 413 g/mol. The maximum Gasteiger partial charge on any atom is 0.248 e. The molecule has 1 amide bonds. The number of carbonyl (C=O) groups excluding carboxylic acids is 1. The van der Waals surface area contributed by atoms with Gasteiger partial charge < -0.3 is 14.4 Å². The first kappa shape index (κ1) is 21.0. The molecular weight excluding hydrogens is 380 g/mol. The Labute approximate surface area is 178 Å². The largest absolute Gasteiger partial charge is 0.376 e. The van der Waals surface area contributed by atoms with Crippen LogP contribution in [0.25, 0.3) is 11.1 Å². The van der Waals surface area contributed by atoms with E-state index in [9.17, 15) is 4.79 Å². The Morgan fingerprint density at radius 3 is 2.73 bits per heavy atom. The van der Waals surface area contributed by atoms with Gasteiger partial charge in [-0.3, -0.25) is 14.5 Å². The second-order valence-corrected chi connectivity index (χ2v) is 8.48. The second-order valence-electron chi connectivity index (χ2n) is 8.48. The molecule has 0 radical (unpaired) electrons. The number of carbonyl (C=O) groups is 1. The van der Waals surface area contributed by atoms with Crippen LogP contribution < -0.4 is 0 Å². The Morgan fingerprint density at radius 2 is 2.03 bits per heavy atom. The Balaban J connectivity index is 1.29. The molecule has 4 rings (SSSR count). The van der Waals surface area contributed by atoms with Crippen LogP contribution in [-0.4, -0.2) is 64.6 Å². The van der Waals surface area contributed by atoms with Gasteiger partial charge in [-0.2, -0.15) is 5.10 Å². The summed E-state index contributed by atoms with van der Waals surface area (Å²) in [5, 5.41) is 4.28. The summed E-state index contributed by atoms with van der Waals surface area (Å²) in [5.41, 5.74) is 4.40. The first-order valence-electron chi connectivity index (χ1n) is 11.0. The fraction of sp³-hybridized carbons (Fsp3) is 0.609. The lowest BCUT2D eigenvalue weighted by Gasteiger charge is -2.32. The summed E-state index contributed by atoms with van der Waals surface area (Å²) in [4.78, 5) is 19.2. The molecule has 2 fully saturated rings. The third-order valence-corrected chi connectivity index (χ3v) is 6.08. The van der Waals surface area contributed by atoms with Crippen LogP contribution in [0.5, 0.6) is 0 Å². The van der Waals surface area contributed by atoms with Gasteiger partial charge in [0.25, 0.3) is 0 Å². The summed E-state index contributed by atoms with van der Waals surface area (Å²) >= 11 is 0. The predicted molar refractivity (Wildman–Crippen MR) is 114 cm³/mol. The molecule has 7 nitrogen and oxygen atoms in total.